The molecule has 1 aliphatic carbocycles. The summed E-state index contributed by atoms with van der Waals surface area (Å²) in [5.41, 5.74) is 3.69. The van der Waals surface area contributed by atoms with Crippen molar-refractivity contribution in [2.45, 2.75) is 39.2 Å². The topological polar surface area (TPSA) is 29.5 Å². The first-order valence-electron chi connectivity index (χ1n) is 7.32. The van der Waals surface area contributed by atoms with Gasteiger partial charge in [-0.15, -0.1) is 0 Å². The van der Waals surface area contributed by atoms with Crippen LogP contribution in [0.3, 0.4) is 0 Å². The number of ether oxygens (including phenoxy) is 1. The van der Waals surface area contributed by atoms with Gasteiger partial charge in [0.1, 0.15) is 17.3 Å². The van der Waals surface area contributed by atoms with E-state index in [2.05, 4.69) is 6.07 Å². The van der Waals surface area contributed by atoms with Gasteiger partial charge in [0.25, 0.3) is 0 Å². The van der Waals surface area contributed by atoms with E-state index in [1.54, 1.807) is 19.9 Å². The maximum absolute atomic E-state index is 13.7. The Labute approximate surface area is 124 Å². The van der Waals surface area contributed by atoms with Crippen LogP contribution < -0.4 is 4.74 Å². The van der Waals surface area contributed by atoms with Crippen molar-refractivity contribution >= 4 is 0 Å². The molecule has 1 aliphatic rings. The largest absolute Gasteiger partial charge is 0.457 e. The second-order valence-electron chi connectivity index (χ2n) is 5.70. The van der Waals surface area contributed by atoms with Crippen molar-refractivity contribution in [2.24, 2.45) is 0 Å². The number of halogens is 1. The molecule has 0 unspecified atom stereocenters. The molecule has 0 bridgehead atoms. The van der Waals surface area contributed by atoms with Gasteiger partial charge in [-0.1, -0.05) is 6.07 Å². The lowest BCUT2D eigenvalue weighted by molar-refractivity contribution is 0.195. The fraction of sp³-hybridized carbons (Fsp3) is 0.333. The molecule has 0 spiro atoms. The standard InChI is InChI=1S/C18H19FO2/c1-11-8-18(16(12(2)20)10-17(11)19)21-15-7-6-13-4-3-5-14(13)9-15/h6-10,12,20H,3-5H2,1-2H3/t12-/m0/s1. The lowest BCUT2D eigenvalue weighted by Crippen LogP contribution is -1.99. The van der Waals surface area contributed by atoms with Crippen molar-refractivity contribution < 1.29 is 14.2 Å². The van der Waals surface area contributed by atoms with E-state index in [0.717, 1.165) is 18.6 Å². The number of aryl methyl sites for hydroxylation is 3. The van der Waals surface area contributed by atoms with Crippen LogP contribution in [-0.4, -0.2) is 5.11 Å². The summed E-state index contributed by atoms with van der Waals surface area (Å²) in [7, 11) is 0. The Morgan fingerprint density at radius 1 is 1.14 bits per heavy atom. The normalized spacial score (nSPS) is 14.9. The molecular weight excluding hydrogens is 267 g/mol. The summed E-state index contributed by atoms with van der Waals surface area (Å²) >= 11 is 0. The summed E-state index contributed by atoms with van der Waals surface area (Å²) in [5.74, 6) is 0.928. The van der Waals surface area contributed by atoms with Crippen molar-refractivity contribution in [1.29, 1.82) is 0 Å². The summed E-state index contributed by atoms with van der Waals surface area (Å²) in [6.45, 7) is 3.30. The van der Waals surface area contributed by atoms with Crippen molar-refractivity contribution in [3.8, 4) is 11.5 Å². The van der Waals surface area contributed by atoms with E-state index in [-0.39, 0.29) is 5.82 Å². The first-order valence-corrected chi connectivity index (χ1v) is 7.32. The molecule has 1 atom stereocenters. The molecule has 3 heteroatoms. The van der Waals surface area contributed by atoms with Gasteiger partial charge in [0.2, 0.25) is 0 Å². The first-order chi connectivity index (χ1) is 10.0. The van der Waals surface area contributed by atoms with Crippen LogP contribution in [0.5, 0.6) is 11.5 Å². The molecule has 2 aromatic carbocycles. The van der Waals surface area contributed by atoms with E-state index in [1.165, 1.54) is 23.6 Å². The fourth-order valence-electron chi connectivity index (χ4n) is 2.82. The van der Waals surface area contributed by atoms with E-state index in [9.17, 15) is 9.50 Å². The molecule has 2 nitrogen and oxygen atoms in total. The summed E-state index contributed by atoms with van der Waals surface area (Å²) in [5, 5.41) is 9.81. The Balaban J connectivity index is 1.95. The van der Waals surface area contributed by atoms with E-state index in [4.69, 9.17) is 4.74 Å². The van der Waals surface area contributed by atoms with E-state index >= 15 is 0 Å². The predicted octanol–water partition coefficient (Wildman–Crippen LogP) is 4.47. The van der Waals surface area contributed by atoms with Crippen molar-refractivity contribution in [1.82, 2.24) is 0 Å². The molecule has 0 aromatic heterocycles. The van der Waals surface area contributed by atoms with Gasteiger partial charge in [0.15, 0.2) is 0 Å². The van der Waals surface area contributed by atoms with Gasteiger partial charge in [-0.2, -0.15) is 0 Å². The Bertz CT molecular complexity index is 677. The Morgan fingerprint density at radius 2 is 1.90 bits per heavy atom. The van der Waals surface area contributed by atoms with E-state index < -0.39 is 6.10 Å². The quantitative estimate of drug-likeness (QED) is 0.902. The lowest BCUT2D eigenvalue weighted by Gasteiger charge is -2.15. The van der Waals surface area contributed by atoms with Crippen LogP contribution in [0.25, 0.3) is 0 Å². The zero-order valence-corrected chi connectivity index (χ0v) is 12.3. The zero-order chi connectivity index (χ0) is 15.0. The zero-order valence-electron chi connectivity index (χ0n) is 12.3. The highest BCUT2D eigenvalue weighted by atomic mass is 19.1. The maximum atomic E-state index is 13.7. The predicted molar refractivity (Wildman–Crippen MR) is 80.3 cm³/mol. The van der Waals surface area contributed by atoms with Crippen LogP contribution in [0.1, 0.15) is 41.7 Å². The second kappa shape index (κ2) is 5.49. The molecule has 0 fully saturated rings. The monoisotopic (exact) mass is 286 g/mol. The average molecular weight is 286 g/mol. The van der Waals surface area contributed by atoms with Gasteiger partial charge < -0.3 is 9.84 Å². The van der Waals surface area contributed by atoms with Crippen LogP contribution in [0.15, 0.2) is 30.3 Å². The van der Waals surface area contributed by atoms with Crippen LogP contribution in [0.4, 0.5) is 4.39 Å². The average Bonchev–Trinajstić information content (AvgIpc) is 2.89. The molecule has 1 N–H and O–H groups in total. The van der Waals surface area contributed by atoms with E-state index in [0.29, 0.717) is 16.9 Å². The smallest absolute Gasteiger partial charge is 0.133 e. The Kier molecular flexibility index (Phi) is 3.68. The third-order valence-corrected chi connectivity index (χ3v) is 4.04. The minimum atomic E-state index is -0.774. The lowest BCUT2D eigenvalue weighted by atomic mass is 10.1. The minimum Gasteiger partial charge on any atom is -0.457 e. The summed E-state index contributed by atoms with van der Waals surface area (Å²) in [6.07, 6.45) is 2.63. The number of hydrogen-bond acceptors (Lipinski definition) is 2. The number of rotatable bonds is 3. The molecule has 110 valence electrons. The van der Waals surface area contributed by atoms with Crippen molar-refractivity contribution in [3.63, 3.8) is 0 Å². The van der Waals surface area contributed by atoms with Gasteiger partial charge in [0, 0.05) is 5.56 Å². The molecule has 0 heterocycles. The van der Waals surface area contributed by atoms with Gasteiger partial charge >= 0.3 is 0 Å². The third kappa shape index (κ3) is 2.79. The van der Waals surface area contributed by atoms with Crippen LogP contribution in [0, 0.1) is 12.7 Å². The molecule has 2 aromatic rings. The third-order valence-electron chi connectivity index (χ3n) is 4.04. The highest BCUT2D eigenvalue weighted by Crippen LogP contribution is 2.34. The Morgan fingerprint density at radius 3 is 2.67 bits per heavy atom. The minimum absolute atomic E-state index is 0.327. The van der Waals surface area contributed by atoms with E-state index in [1.807, 2.05) is 12.1 Å². The molecule has 0 radical (unpaired) electrons. The second-order valence-corrected chi connectivity index (χ2v) is 5.70. The molecule has 0 saturated heterocycles. The number of fused-ring (bicyclic) bond motifs is 1. The highest BCUT2D eigenvalue weighted by Gasteiger charge is 2.15. The van der Waals surface area contributed by atoms with Crippen LogP contribution in [0.2, 0.25) is 0 Å². The summed E-state index contributed by atoms with van der Waals surface area (Å²) < 4.78 is 19.6. The van der Waals surface area contributed by atoms with Crippen molar-refractivity contribution in [2.75, 3.05) is 0 Å². The molecule has 0 aliphatic heterocycles. The fourth-order valence-corrected chi connectivity index (χ4v) is 2.82. The molecular formula is C18H19FO2. The molecule has 0 amide bonds. The number of aliphatic hydroxyl groups is 1. The summed E-state index contributed by atoms with van der Waals surface area (Å²) in [4.78, 5) is 0. The van der Waals surface area contributed by atoms with Gasteiger partial charge in [0.05, 0.1) is 6.10 Å². The molecule has 0 saturated carbocycles. The van der Waals surface area contributed by atoms with Gasteiger partial charge in [-0.3, -0.25) is 0 Å². The SMILES string of the molecule is Cc1cc(Oc2ccc3c(c2)CCC3)c([C@H](C)O)cc1F. The van der Waals surface area contributed by atoms with Gasteiger partial charge in [-0.25, -0.2) is 4.39 Å². The van der Waals surface area contributed by atoms with Crippen LogP contribution in [-0.2, 0) is 12.8 Å². The maximum Gasteiger partial charge on any atom is 0.133 e. The number of aliphatic hydroxyl groups excluding tert-OH is 1. The Hall–Kier alpha value is -1.87. The molecule has 3 rings (SSSR count). The van der Waals surface area contributed by atoms with Gasteiger partial charge in [-0.05, 0) is 74.1 Å². The van der Waals surface area contributed by atoms with Crippen molar-refractivity contribution in [3.05, 3.63) is 58.4 Å². The number of hydrogen-bond donors (Lipinski definition) is 1. The van der Waals surface area contributed by atoms with Crippen LogP contribution >= 0.6 is 0 Å². The number of benzene rings is 2. The highest BCUT2D eigenvalue weighted by molar-refractivity contribution is 5.45. The first kappa shape index (κ1) is 14.1. The molecule has 21 heavy (non-hydrogen) atoms. The summed E-state index contributed by atoms with van der Waals surface area (Å²) in [6, 6.07) is 9.07.